The van der Waals surface area contributed by atoms with E-state index in [1.54, 1.807) is 6.08 Å². The minimum Gasteiger partial charge on any atom is -0.493 e. The number of nitrogens with zero attached hydrogens (tertiary/aromatic N) is 1. The summed E-state index contributed by atoms with van der Waals surface area (Å²) in [6, 6.07) is 6.01. The smallest absolute Gasteiger partial charge is 0.225 e. The van der Waals surface area contributed by atoms with Crippen LogP contribution in [-0.4, -0.2) is 30.5 Å². The molecule has 160 valence electrons. The molecule has 2 fully saturated rings. The van der Waals surface area contributed by atoms with E-state index in [0.29, 0.717) is 30.0 Å². The number of hydrogen-bond acceptors (Lipinski definition) is 3. The Morgan fingerprint density at radius 3 is 2.41 bits per heavy atom. The standard InChI is InChI=1S/C22H30N2O2.C3H8/c1-3-5-21(23)20-9-8-19(14-16(20)2)26-15-17-10-12-24(13-11-17)22(25)18-6-4-7-18;1-3-2/h3,5,8-9,14,17-18H,1,4,6-7,10-13,15,23H2,2H3;3H2,1-2H3/b21-5-;. The average molecular weight is 399 g/mol. The van der Waals surface area contributed by atoms with E-state index in [9.17, 15) is 4.79 Å². The van der Waals surface area contributed by atoms with Crippen molar-refractivity contribution < 1.29 is 9.53 Å². The number of carbonyl (C=O) groups excluding carboxylic acids is 1. The molecule has 29 heavy (non-hydrogen) atoms. The van der Waals surface area contributed by atoms with Gasteiger partial charge in [0.05, 0.1) is 6.61 Å². The van der Waals surface area contributed by atoms with Crippen LogP contribution in [-0.2, 0) is 4.79 Å². The SMILES string of the molecule is C=C/C=C(\N)c1ccc(OCC2CCN(C(=O)C3CCC3)CC2)cc1C.CCC. The number of amides is 1. The van der Waals surface area contributed by atoms with Crippen molar-refractivity contribution in [2.45, 2.75) is 59.3 Å². The van der Waals surface area contributed by atoms with Crippen molar-refractivity contribution in [2.24, 2.45) is 17.6 Å². The third-order valence-corrected chi connectivity index (χ3v) is 5.67. The first-order chi connectivity index (χ1) is 14.0. The highest BCUT2D eigenvalue weighted by atomic mass is 16.5. The Bertz CT molecular complexity index is 699. The largest absolute Gasteiger partial charge is 0.493 e. The van der Waals surface area contributed by atoms with E-state index in [2.05, 4.69) is 25.3 Å². The minimum absolute atomic E-state index is 0.312. The molecule has 0 atom stereocenters. The molecule has 3 rings (SSSR count). The Hall–Kier alpha value is -2.23. The number of rotatable bonds is 6. The summed E-state index contributed by atoms with van der Waals surface area (Å²) in [5.74, 6) is 2.09. The maximum atomic E-state index is 12.3. The summed E-state index contributed by atoms with van der Waals surface area (Å²) in [7, 11) is 0. The van der Waals surface area contributed by atoms with E-state index in [0.717, 1.165) is 55.6 Å². The first-order valence-corrected chi connectivity index (χ1v) is 11.1. The van der Waals surface area contributed by atoms with E-state index < -0.39 is 0 Å². The number of nitrogens with two attached hydrogens (primary N) is 1. The fourth-order valence-electron chi connectivity index (χ4n) is 3.71. The van der Waals surface area contributed by atoms with Gasteiger partial charge >= 0.3 is 0 Å². The molecule has 1 aliphatic carbocycles. The Balaban J connectivity index is 0.000000941. The second-order valence-electron chi connectivity index (χ2n) is 8.25. The molecule has 1 saturated heterocycles. The molecule has 2 N–H and O–H groups in total. The summed E-state index contributed by atoms with van der Waals surface area (Å²) in [5.41, 5.74) is 8.86. The van der Waals surface area contributed by atoms with Crippen molar-refractivity contribution >= 4 is 11.6 Å². The first-order valence-electron chi connectivity index (χ1n) is 11.1. The number of carbonyl (C=O) groups is 1. The van der Waals surface area contributed by atoms with Gasteiger partial charge < -0.3 is 15.4 Å². The quantitative estimate of drug-likeness (QED) is 0.660. The summed E-state index contributed by atoms with van der Waals surface area (Å²) < 4.78 is 6.01. The summed E-state index contributed by atoms with van der Waals surface area (Å²) in [6.45, 7) is 12.4. The molecule has 1 aromatic carbocycles. The predicted molar refractivity (Wildman–Crippen MR) is 122 cm³/mol. The van der Waals surface area contributed by atoms with Crippen molar-refractivity contribution in [3.8, 4) is 5.75 Å². The van der Waals surface area contributed by atoms with Crippen LogP contribution in [0.5, 0.6) is 5.75 Å². The number of allylic oxidation sites excluding steroid dienone is 2. The van der Waals surface area contributed by atoms with Gasteiger partial charge in [-0.2, -0.15) is 0 Å². The maximum absolute atomic E-state index is 12.3. The lowest BCUT2D eigenvalue weighted by molar-refractivity contribution is -0.139. The summed E-state index contributed by atoms with van der Waals surface area (Å²) in [6.07, 6.45) is 10.2. The van der Waals surface area contributed by atoms with E-state index in [1.807, 2.05) is 31.2 Å². The van der Waals surface area contributed by atoms with Crippen LogP contribution < -0.4 is 10.5 Å². The predicted octanol–water partition coefficient (Wildman–Crippen LogP) is 5.31. The lowest BCUT2D eigenvalue weighted by atomic mass is 9.83. The molecule has 0 radical (unpaired) electrons. The third-order valence-electron chi connectivity index (χ3n) is 5.67. The molecule has 2 aliphatic rings. The number of aryl methyl sites for hydroxylation is 1. The molecule has 4 nitrogen and oxygen atoms in total. The van der Waals surface area contributed by atoms with Crippen LogP contribution in [0.4, 0.5) is 0 Å². The molecule has 1 heterocycles. The van der Waals surface area contributed by atoms with Crippen molar-refractivity contribution in [3.05, 3.63) is 48.1 Å². The zero-order valence-electron chi connectivity index (χ0n) is 18.5. The van der Waals surface area contributed by atoms with Gasteiger partial charge in [-0.05, 0) is 68.4 Å². The van der Waals surface area contributed by atoms with Gasteiger partial charge in [0.1, 0.15) is 5.75 Å². The van der Waals surface area contributed by atoms with Crippen LogP contribution in [0.2, 0.25) is 0 Å². The minimum atomic E-state index is 0.312. The average Bonchev–Trinajstić information content (AvgIpc) is 2.66. The van der Waals surface area contributed by atoms with Crippen molar-refractivity contribution in [1.29, 1.82) is 0 Å². The second kappa shape index (κ2) is 11.7. The summed E-state index contributed by atoms with van der Waals surface area (Å²) >= 11 is 0. The Kier molecular flexibility index (Phi) is 9.30. The molecular formula is C25H38N2O2. The van der Waals surface area contributed by atoms with Gasteiger partial charge in [0.2, 0.25) is 5.91 Å². The van der Waals surface area contributed by atoms with Crippen molar-refractivity contribution in [3.63, 3.8) is 0 Å². The van der Waals surface area contributed by atoms with Crippen LogP contribution in [0, 0.1) is 18.8 Å². The third kappa shape index (κ3) is 6.66. The van der Waals surface area contributed by atoms with Crippen LogP contribution >= 0.6 is 0 Å². The highest BCUT2D eigenvalue weighted by Crippen LogP contribution is 2.30. The van der Waals surface area contributed by atoms with Crippen LogP contribution in [0.15, 0.2) is 36.9 Å². The van der Waals surface area contributed by atoms with E-state index in [-0.39, 0.29) is 0 Å². The van der Waals surface area contributed by atoms with Crippen molar-refractivity contribution in [2.75, 3.05) is 19.7 Å². The highest BCUT2D eigenvalue weighted by Gasteiger charge is 2.31. The molecule has 1 aliphatic heterocycles. The van der Waals surface area contributed by atoms with E-state index in [4.69, 9.17) is 10.5 Å². The molecule has 1 saturated carbocycles. The van der Waals surface area contributed by atoms with Gasteiger partial charge in [-0.1, -0.05) is 39.3 Å². The van der Waals surface area contributed by atoms with Gasteiger partial charge in [0, 0.05) is 30.3 Å². The van der Waals surface area contributed by atoms with E-state index in [1.165, 1.54) is 12.8 Å². The van der Waals surface area contributed by atoms with Gasteiger partial charge in [-0.3, -0.25) is 4.79 Å². The molecule has 4 heteroatoms. The maximum Gasteiger partial charge on any atom is 0.225 e. The van der Waals surface area contributed by atoms with Gasteiger partial charge in [-0.25, -0.2) is 0 Å². The van der Waals surface area contributed by atoms with E-state index >= 15 is 0 Å². The highest BCUT2D eigenvalue weighted by molar-refractivity contribution is 5.79. The van der Waals surface area contributed by atoms with Crippen molar-refractivity contribution in [1.82, 2.24) is 4.90 Å². The number of hydrogen-bond donors (Lipinski definition) is 1. The molecule has 0 aromatic heterocycles. The fraction of sp³-hybridized carbons (Fsp3) is 0.560. The lowest BCUT2D eigenvalue weighted by Gasteiger charge is -2.36. The Morgan fingerprint density at radius 1 is 1.24 bits per heavy atom. The molecule has 0 spiro atoms. The molecular weight excluding hydrogens is 360 g/mol. The monoisotopic (exact) mass is 398 g/mol. The molecule has 1 aromatic rings. The lowest BCUT2D eigenvalue weighted by Crippen LogP contribution is -2.44. The first kappa shape index (κ1) is 23.1. The van der Waals surface area contributed by atoms with Gasteiger partial charge in [-0.15, -0.1) is 0 Å². The number of likely N-dealkylation sites (tertiary alicyclic amines) is 1. The fourth-order valence-corrected chi connectivity index (χ4v) is 3.71. The number of benzene rings is 1. The van der Waals surface area contributed by atoms with Crippen LogP contribution in [0.3, 0.4) is 0 Å². The summed E-state index contributed by atoms with van der Waals surface area (Å²) in [5, 5.41) is 0. The van der Waals surface area contributed by atoms with Gasteiger partial charge in [0.25, 0.3) is 0 Å². The molecule has 1 amide bonds. The zero-order chi connectivity index (χ0) is 21.2. The zero-order valence-corrected chi connectivity index (χ0v) is 18.5. The Morgan fingerprint density at radius 2 is 1.90 bits per heavy atom. The normalized spacial score (nSPS) is 17.8. The van der Waals surface area contributed by atoms with Crippen LogP contribution in [0.25, 0.3) is 5.70 Å². The van der Waals surface area contributed by atoms with Gasteiger partial charge in [0.15, 0.2) is 0 Å². The molecule has 0 bridgehead atoms. The second-order valence-corrected chi connectivity index (χ2v) is 8.25. The number of ether oxygens (including phenoxy) is 1. The van der Waals surface area contributed by atoms with Crippen LogP contribution in [0.1, 0.15) is 63.5 Å². The number of piperidine rings is 1. The molecule has 0 unspecified atom stereocenters. The topological polar surface area (TPSA) is 55.6 Å². The summed E-state index contributed by atoms with van der Waals surface area (Å²) in [4.78, 5) is 14.4. The Labute approximate surface area is 176 Å².